The molecule has 0 saturated carbocycles. The van der Waals surface area contributed by atoms with Gasteiger partial charge in [0.05, 0.1) is 0 Å². The number of hydrogen-bond acceptors (Lipinski definition) is 2. The van der Waals surface area contributed by atoms with Crippen LogP contribution < -0.4 is 16.0 Å². The highest BCUT2D eigenvalue weighted by atomic mass is 16.2. The van der Waals surface area contributed by atoms with Crippen molar-refractivity contribution in [1.29, 1.82) is 0 Å². The Kier molecular flexibility index (Phi) is 10.3. The van der Waals surface area contributed by atoms with Crippen LogP contribution in [-0.4, -0.2) is 31.7 Å². The molecule has 4 heteroatoms. The average molecular weight is 370 g/mol. The molecule has 2 rings (SSSR count). The second-order valence-electron chi connectivity index (χ2n) is 7.25. The van der Waals surface area contributed by atoms with Gasteiger partial charge in [0.2, 0.25) is 0 Å². The van der Waals surface area contributed by atoms with Gasteiger partial charge in [-0.15, -0.1) is 0 Å². The molecule has 0 aromatic heterocycles. The van der Waals surface area contributed by atoms with Crippen LogP contribution in [0.15, 0.2) is 54.6 Å². The predicted molar refractivity (Wildman–Crippen MR) is 113 cm³/mol. The third kappa shape index (κ3) is 8.91. The minimum absolute atomic E-state index is 0.0308. The van der Waals surface area contributed by atoms with Gasteiger partial charge in [0, 0.05) is 19.1 Å². The third-order valence-electron chi connectivity index (χ3n) is 5.01. The van der Waals surface area contributed by atoms with Gasteiger partial charge in [0.15, 0.2) is 0 Å². The molecule has 148 valence electrons. The Hall–Kier alpha value is -2.07. The van der Waals surface area contributed by atoms with E-state index in [0.717, 1.165) is 45.3 Å². The van der Waals surface area contributed by atoms with Gasteiger partial charge in [0.1, 0.15) is 0 Å². The summed E-state index contributed by atoms with van der Waals surface area (Å²) in [6, 6.07) is 19.3. The van der Waals surface area contributed by atoms with Crippen molar-refractivity contribution in [3.8, 4) is 0 Å². The zero-order valence-corrected chi connectivity index (χ0v) is 16.6. The van der Waals surface area contributed by atoms with Crippen molar-refractivity contribution in [1.82, 2.24) is 16.0 Å². The van der Waals surface area contributed by atoms with Crippen LogP contribution in [0.25, 0.3) is 0 Å². The molecule has 3 N–H and O–H groups in total. The zero-order valence-electron chi connectivity index (χ0n) is 16.6. The summed E-state index contributed by atoms with van der Waals surface area (Å²) in [7, 11) is 0. The fourth-order valence-corrected chi connectivity index (χ4v) is 3.54. The number of urea groups is 1. The first-order chi connectivity index (χ1) is 13.3. The fraction of sp³-hybridized carbons (Fsp3) is 0.522. The Balaban J connectivity index is 1.76. The standard InChI is InChI=1S/C23H35N3O/c1-2-12-20(21-13-8-6-4-3-5-7-9-14-21)15-10-11-17-25-23(27)26-22-16-18-24-19-22/h3-9,13-14,20,22,24H,2,10-12,15-19H2,1H3,(H2,25,26,27)/t20?,22-/m1/s1. The zero-order chi connectivity index (χ0) is 19.2. The van der Waals surface area contributed by atoms with Crippen molar-refractivity contribution in [2.24, 2.45) is 0 Å². The first-order valence-corrected chi connectivity index (χ1v) is 10.4. The molecule has 1 aromatic rings. The molecule has 0 bridgehead atoms. The molecule has 1 fully saturated rings. The molecule has 1 unspecified atom stereocenters. The first kappa shape index (κ1) is 21.2. The number of unbranched alkanes of at least 4 members (excludes halogenated alkanes) is 1. The van der Waals surface area contributed by atoms with E-state index in [1.165, 1.54) is 18.4 Å². The molecule has 27 heavy (non-hydrogen) atoms. The summed E-state index contributed by atoms with van der Waals surface area (Å²) in [5.74, 6) is 0.575. The smallest absolute Gasteiger partial charge is 0.315 e. The minimum Gasteiger partial charge on any atom is -0.338 e. The summed E-state index contributed by atoms with van der Waals surface area (Å²) < 4.78 is 0. The minimum atomic E-state index is -0.0308. The summed E-state index contributed by atoms with van der Waals surface area (Å²) in [5, 5.41) is 9.28. The molecule has 4 nitrogen and oxygen atoms in total. The van der Waals surface area contributed by atoms with Crippen LogP contribution >= 0.6 is 0 Å². The first-order valence-electron chi connectivity index (χ1n) is 10.4. The Morgan fingerprint density at radius 2 is 1.78 bits per heavy atom. The second-order valence-corrected chi connectivity index (χ2v) is 7.25. The summed E-state index contributed by atoms with van der Waals surface area (Å²) in [6.07, 6.45) is 6.71. The van der Waals surface area contributed by atoms with E-state index in [1.54, 1.807) is 0 Å². The largest absolute Gasteiger partial charge is 0.338 e. The lowest BCUT2D eigenvalue weighted by Crippen LogP contribution is -2.43. The normalized spacial score (nSPS) is 17.0. The van der Waals surface area contributed by atoms with Gasteiger partial charge in [-0.25, -0.2) is 4.79 Å². The maximum absolute atomic E-state index is 11.9. The van der Waals surface area contributed by atoms with Crippen molar-refractivity contribution in [2.75, 3.05) is 19.6 Å². The lowest BCUT2D eigenvalue weighted by Gasteiger charge is -2.16. The highest BCUT2D eigenvalue weighted by Gasteiger charge is 2.16. The predicted octanol–water partition coefficient (Wildman–Crippen LogP) is 4.53. The Bertz CT molecular complexity index is 573. The van der Waals surface area contributed by atoms with Crippen LogP contribution in [-0.2, 0) is 0 Å². The summed E-state index contributed by atoms with van der Waals surface area (Å²) in [4.78, 5) is 11.9. The Morgan fingerprint density at radius 1 is 1.07 bits per heavy atom. The molecule has 2 atom stereocenters. The highest BCUT2D eigenvalue weighted by Crippen LogP contribution is 2.26. The molecule has 0 aliphatic carbocycles. The van der Waals surface area contributed by atoms with Crippen molar-refractivity contribution < 1.29 is 4.79 Å². The average Bonchev–Trinajstić information content (AvgIpc) is 3.18. The monoisotopic (exact) mass is 369 g/mol. The van der Waals surface area contributed by atoms with Crippen LogP contribution in [0.4, 0.5) is 4.79 Å². The summed E-state index contributed by atoms with van der Waals surface area (Å²) in [6.45, 7) is 4.87. The van der Waals surface area contributed by atoms with Gasteiger partial charge in [-0.1, -0.05) is 74.4 Å². The molecule has 0 radical (unpaired) electrons. The Morgan fingerprint density at radius 3 is 2.41 bits per heavy atom. The third-order valence-corrected chi connectivity index (χ3v) is 5.01. The molecule has 1 aliphatic rings. The molecule has 1 saturated heterocycles. The molecule has 1 aliphatic heterocycles. The van der Waals surface area contributed by atoms with Gasteiger partial charge >= 0.3 is 6.03 Å². The van der Waals surface area contributed by atoms with Crippen molar-refractivity contribution in [2.45, 2.75) is 57.4 Å². The van der Waals surface area contributed by atoms with Gasteiger partial charge in [-0.3, -0.25) is 0 Å². The number of carbonyl (C=O) groups excluding carboxylic acids is 1. The molecule has 1 heterocycles. The number of hydrogen-bond donors (Lipinski definition) is 3. The van der Waals surface area contributed by atoms with Gasteiger partial charge in [-0.05, 0) is 43.7 Å². The fourth-order valence-electron chi connectivity index (χ4n) is 3.54. The lowest BCUT2D eigenvalue weighted by molar-refractivity contribution is 0.237. The van der Waals surface area contributed by atoms with E-state index in [1.807, 2.05) is 6.07 Å². The SMILES string of the molecule is CCCC(CCCCNC(=O)N[C@@H]1CCNC1)c1ccccccccc1. The van der Waals surface area contributed by atoms with Crippen LogP contribution in [0.5, 0.6) is 0 Å². The van der Waals surface area contributed by atoms with Crippen LogP contribution in [0.2, 0.25) is 0 Å². The number of nitrogens with one attached hydrogen (secondary N) is 3. The van der Waals surface area contributed by atoms with Crippen molar-refractivity contribution in [3.05, 3.63) is 60.2 Å². The maximum atomic E-state index is 11.9. The molecular formula is C23H35N3O. The van der Waals surface area contributed by atoms with Gasteiger partial charge in [0.25, 0.3) is 0 Å². The Labute approximate surface area is 164 Å². The van der Waals surface area contributed by atoms with Crippen LogP contribution in [0.3, 0.4) is 0 Å². The van der Waals surface area contributed by atoms with Crippen LogP contribution in [0.1, 0.15) is 56.9 Å². The summed E-state index contributed by atoms with van der Waals surface area (Å²) in [5.41, 5.74) is 1.40. The molecule has 1 aromatic carbocycles. The van der Waals surface area contributed by atoms with E-state index in [4.69, 9.17) is 0 Å². The van der Waals surface area contributed by atoms with E-state index in [0.29, 0.717) is 5.92 Å². The van der Waals surface area contributed by atoms with Gasteiger partial charge < -0.3 is 16.0 Å². The lowest BCUT2D eigenvalue weighted by atomic mass is 9.90. The van der Waals surface area contributed by atoms with Gasteiger partial charge in [-0.2, -0.15) is 0 Å². The van der Waals surface area contributed by atoms with E-state index >= 15 is 0 Å². The molecule has 0 spiro atoms. The van der Waals surface area contributed by atoms with Crippen molar-refractivity contribution >= 4 is 6.03 Å². The number of amides is 2. The number of carbonyl (C=O) groups is 1. The number of rotatable bonds is 9. The van der Waals surface area contributed by atoms with Crippen LogP contribution in [0, 0.1) is 0 Å². The van der Waals surface area contributed by atoms with E-state index < -0.39 is 0 Å². The second kappa shape index (κ2) is 13.2. The topological polar surface area (TPSA) is 53.2 Å². The highest BCUT2D eigenvalue weighted by molar-refractivity contribution is 5.74. The molecular weight excluding hydrogens is 334 g/mol. The van der Waals surface area contributed by atoms with E-state index in [9.17, 15) is 4.79 Å². The quantitative estimate of drug-likeness (QED) is 0.560. The van der Waals surface area contributed by atoms with Crippen molar-refractivity contribution in [3.63, 3.8) is 0 Å². The molecule has 2 amide bonds. The van der Waals surface area contributed by atoms with E-state index in [2.05, 4.69) is 71.4 Å². The van der Waals surface area contributed by atoms with E-state index in [-0.39, 0.29) is 12.1 Å². The summed E-state index contributed by atoms with van der Waals surface area (Å²) >= 11 is 0. The maximum Gasteiger partial charge on any atom is 0.315 e.